The number of Topliss-reactive ketones (excluding diaryl/α,β-unsaturated/α-hetero) is 1. The fourth-order valence-electron chi connectivity index (χ4n) is 8.27. The Kier molecular flexibility index (Phi) is 4.56. The molecule has 0 amide bonds. The molecule has 0 aromatic carbocycles. The van der Waals surface area contributed by atoms with Crippen molar-refractivity contribution in [3.05, 3.63) is 35.3 Å². The van der Waals surface area contributed by atoms with Crippen molar-refractivity contribution in [3.63, 3.8) is 0 Å². The summed E-state index contributed by atoms with van der Waals surface area (Å²) >= 11 is 0. The summed E-state index contributed by atoms with van der Waals surface area (Å²) < 4.78 is 22.4. The van der Waals surface area contributed by atoms with Gasteiger partial charge in [-0.3, -0.25) is 9.59 Å². The maximum absolute atomic E-state index is 14.1. The molecule has 2 saturated carbocycles. The zero-order valence-corrected chi connectivity index (χ0v) is 21.1. The minimum Gasteiger partial charge on any atom is -0.472 e. The van der Waals surface area contributed by atoms with Crippen molar-refractivity contribution >= 4 is 17.7 Å². The number of hydrogen-bond acceptors (Lipinski definition) is 9. The Bertz CT molecular complexity index is 1210. The van der Waals surface area contributed by atoms with Crippen LogP contribution in [0.3, 0.4) is 0 Å². The van der Waals surface area contributed by atoms with Crippen LogP contribution in [-0.2, 0) is 28.6 Å². The Morgan fingerprint density at radius 3 is 2.58 bits per heavy atom. The van der Waals surface area contributed by atoms with Crippen molar-refractivity contribution in [3.8, 4) is 0 Å². The number of rotatable bonds is 3. The molecule has 9 heteroatoms. The van der Waals surface area contributed by atoms with E-state index in [0.717, 1.165) is 0 Å². The van der Waals surface area contributed by atoms with Gasteiger partial charge in [-0.15, -0.1) is 0 Å². The second-order valence-electron chi connectivity index (χ2n) is 12.1. The van der Waals surface area contributed by atoms with Crippen LogP contribution in [0.2, 0.25) is 0 Å². The predicted octanol–water partition coefficient (Wildman–Crippen LogP) is 2.40. The number of furan rings is 1. The standard InChI is InChI=1S/C27H32O9/c1-13-15(10-17(28)33-5)23(2,3)22(30)26(31)12-25-16(36-25)6-8-24(4)19(25)18(27(13,26)32)21(29)35-20(24)14-7-9-34-11-14/h7,9,11,13,15-16,20,31-32H,6,8,10,12H2,1-5H3/t13-,15+,16+,20-,24+,25+,26+,27+/m0/s1. The molecule has 2 N–H and O–H groups in total. The number of hydrogen-bond donors (Lipinski definition) is 2. The second kappa shape index (κ2) is 6.88. The van der Waals surface area contributed by atoms with E-state index in [-0.39, 0.29) is 24.5 Å². The number of carbonyl (C=O) groups is 3. The van der Waals surface area contributed by atoms with Crippen LogP contribution in [0.5, 0.6) is 0 Å². The Labute approximate surface area is 208 Å². The predicted molar refractivity (Wildman–Crippen MR) is 122 cm³/mol. The van der Waals surface area contributed by atoms with Gasteiger partial charge in [0.2, 0.25) is 0 Å². The summed E-state index contributed by atoms with van der Waals surface area (Å²) in [5.41, 5.74) is -6.32. The van der Waals surface area contributed by atoms with Crippen molar-refractivity contribution in [2.24, 2.45) is 22.7 Å². The van der Waals surface area contributed by atoms with E-state index in [0.29, 0.717) is 24.0 Å². The molecule has 6 rings (SSSR count). The molecule has 2 aliphatic heterocycles. The Hall–Kier alpha value is -2.49. The number of aliphatic hydroxyl groups is 2. The number of carbonyl (C=O) groups excluding carboxylic acids is 3. The average Bonchev–Trinajstić information content (AvgIpc) is 3.25. The molecule has 3 fully saturated rings. The minimum atomic E-state index is -2.30. The van der Waals surface area contributed by atoms with Gasteiger partial charge in [-0.2, -0.15) is 0 Å². The van der Waals surface area contributed by atoms with Crippen LogP contribution in [0, 0.1) is 22.7 Å². The number of ether oxygens (including phenoxy) is 3. The van der Waals surface area contributed by atoms with Gasteiger partial charge < -0.3 is 28.8 Å². The van der Waals surface area contributed by atoms with E-state index in [1.807, 2.05) is 6.92 Å². The topological polar surface area (TPSA) is 136 Å². The first-order valence-electron chi connectivity index (χ1n) is 12.5. The van der Waals surface area contributed by atoms with E-state index in [2.05, 4.69) is 0 Å². The number of fused-ring (bicyclic) bond motifs is 2. The summed E-state index contributed by atoms with van der Waals surface area (Å²) in [6, 6.07) is 1.75. The fraction of sp³-hybridized carbons (Fsp3) is 0.667. The zero-order chi connectivity index (χ0) is 26.1. The fourth-order valence-corrected chi connectivity index (χ4v) is 8.27. The average molecular weight is 501 g/mol. The molecule has 1 aromatic heterocycles. The van der Waals surface area contributed by atoms with Crippen molar-refractivity contribution in [2.75, 3.05) is 7.11 Å². The van der Waals surface area contributed by atoms with Gasteiger partial charge in [0.25, 0.3) is 0 Å². The number of methoxy groups -OCH3 is 1. The lowest BCUT2D eigenvalue weighted by Crippen LogP contribution is -2.77. The molecule has 3 heterocycles. The molecule has 3 aliphatic carbocycles. The first kappa shape index (κ1) is 23.9. The molecule has 1 spiro atoms. The van der Waals surface area contributed by atoms with E-state index < -0.39 is 63.3 Å². The van der Waals surface area contributed by atoms with Crippen LogP contribution in [0.4, 0.5) is 0 Å². The Morgan fingerprint density at radius 1 is 1.22 bits per heavy atom. The van der Waals surface area contributed by atoms with Crippen LogP contribution in [0.1, 0.15) is 65.0 Å². The van der Waals surface area contributed by atoms with Crippen LogP contribution in [-0.4, -0.2) is 58.0 Å². The first-order chi connectivity index (χ1) is 16.8. The lowest BCUT2D eigenvalue weighted by Gasteiger charge is -2.63. The molecular formula is C27H32O9. The summed E-state index contributed by atoms with van der Waals surface area (Å²) in [5.74, 6) is -3.49. The summed E-state index contributed by atoms with van der Waals surface area (Å²) in [7, 11) is 1.26. The van der Waals surface area contributed by atoms with E-state index in [1.165, 1.54) is 19.6 Å². The Morgan fingerprint density at radius 2 is 1.94 bits per heavy atom. The highest BCUT2D eigenvalue weighted by Crippen LogP contribution is 2.73. The largest absolute Gasteiger partial charge is 0.472 e. The van der Waals surface area contributed by atoms with Crippen LogP contribution in [0.25, 0.3) is 0 Å². The second-order valence-corrected chi connectivity index (χ2v) is 12.1. The van der Waals surface area contributed by atoms with Gasteiger partial charge in [0.1, 0.15) is 17.3 Å². The lowest BCUT2D eigenvalue weighted by atomic mass is 9.43. The third kappa shape index (κ3) is 2.49. The monoisotopic (exact) mass is 500 g/mol. The SMILES string of the molecule is COC(=O)C[C@@H]1[C@H](C)[C@@]2(O)C3=C4[C@]5(C[C@@]2(O)C(=O)C1(C)C)O[C@@H]5CC[C@@]4(C)[C@H](c1ccoc1)OC3=O. The molecular weight excluding hydrogens is 468 g/mol. The third-order valence-electron chi connectivity index (χ3n) is 10.1. The van der Waals surface area contributed by atoms with Gasteiger partial charge in [-0.25, -0.2) is 4.79 Å². The molecule has 0 bridgehead atoms. The lowest BCUT2D eigenvalue weighted by molar-refractivity contribution is -0.231. The normalized spacial score (nSPS) is 46.3. The van der Waals surface area contributed by atoms with Gasteiger partial charge in [0, 0.05) is 29.2 Å². The molecule has 194 valence electrons. The van der Waals surface area contributed by atoms with E-state index in [4.69, 9.17) is 18.6 Å². The minimum absolute atomic E-state index is 0.0908. The van der Waals surface area contributed by atoms with Gasteiger partial charge in [0.05, 0.1) is 31.3 Å². The smallest absolute Gasteiger partial charge is 0.337 e. The maximum atomic E-state index is 14.1. The summed E-state index contributed by atoms with van der Waals surface area (Å²) in [5, 5.41) is 24.7. The summed E-state index contributed by atoms with van der Waals surface area (Å²) in [6.07, 6.45) is 3.09. The number of epoxide rings is 1. The molecule has 36 heavy (non-hydrogen) atoms. The molecule has 0 unspecified atom stereocenters. The van der Waals surface area contributed by atoms with Crippen molar-refractivity contribution in [2.45, 2.75) is 82.4 Å². The van der Waals surface area contributed by atoms with Gasteiger partial charge in [-0.05, 0) is 36.3 Å². The number of cyclic esters (lactones) is 1. The highest BCUT2D eigenvalue weighted by molar-refractivity contribution is 6.03. The third-order valence-corrected chi connectivity index (χ3v) is 10.1. The Balaban J connectivity index is 1.61. The molecule has 5 aliphatic rings. The number of ketones is 1. The van der Waals surface area contributed by atoms with E-state index in [1.54, 1.807) is 26.8 Å². The molecule has 8 atom stereocenters. The van der Waals surface area contributed by atoms with E-state index >= 15 is 0 Å². The number of esters is 2. The van der Waals surface area contributed by atoms with E-state index in [9.17, 15) is 24.6 Å². The molecule has 1 saturated heterocycles. The highest BCUT2D eigenvalue weighted by Gasteiger charge is 2.82. The maximum Gasteiger partial charge on any atom is 0.337 e. The molecule has 0 radical (unpaired) electrons. The van der Waals surface area contributed by atoms with Gasteiger partial charge in [0.15, 0.2) is 11.4 Å². The van der Waals surface area contributed by atoms with Gasteiger partial charge in [-0.1, -0.05) is 27.7 Å². The first-order valence-corrected chi connectivity index (χ1v) is 12.5. The zero-order valence-electron chi connectivity index (χ0n) is 21.1. The summed E-state index contributed by atoms with van der Waals surface area (Å²) in [6.45, 7) is 7.00. The van der Waals surface area contributed by atoms with Crippen molar-refractivity contribution in [1.82, 2.24) is 0 Å². The highest BCUT2D eigenvalue weighted by atomic mass is 16.6. The quantitative estimate of drug-likeness (QED) is 0.474. The van der Waals surface area contributed by atoms with Crippen LogP contribution >= 0.6 is 0 Å². The molecule has 1 aromatic rings. The molecule has 9 nitrogen and oxygen atoms in total. The summed E-state index contributed by atoms with van der Waals surface area (Å²) in [4.78, 5) is 40.2. The van der Waals surface area contributed by atoms with Crippen LogP contribution in [0.15, 0.2) is 34.2 Å². The van der Waals surface area contributed by atoms with Crippen molar-refractivity contribution in [1.29, 1.82) is 0 Å². The van der Waals surface area contributed by atoms with Crippen molar-refractivity contribution < 1.29 is 43.2 Å². The van der Waals surface area contributed by atoms with Gasteiger partial charge >= 0.3 is 11.9 Å². The van der Waals surface area contributed by atoms with Crippen LogP contribution < -0.4 is 0 Å².